The molecule has 1 unspecified atom stereocenters. The quantitative estimate of drug-likeness (QED) is 0.706. The van der Waals surface area contributed by atoms with Gasteiger partial charge < -0.3 is 21.1 Å². The smallest absolute Gasteiger partial charge is 0.409 e. The molecule has 1 saturated heterocycles. The van der Waals surface area contributed by atoms with Crippen molar-refractivity contribution in [2.45, 2.75) is 19.0 Å². The molecule has 6 nitrogen and oxygen atoms in total. The van der Waals surface area contributed by atoms with Crippen molar-refractivity contribution in [3.8, 4) is 5.75 Å². The molecule has 0 aliphatic carbocycles. The minimum Gasteiger partial charge on any atom is -0.411 e. The fraction of sp³-hybridized carbons (Fsp3) is 0.333. The lowest BCUT2D eigenvalue weighted by Gasteiger charge is -2.10. The van der Waals surface area contributed by atoms with Crippen LogP contribution >= 0.6 is 0 Å². The van der Waals surface area contributed by atoms with Gasteiger partial charge in [0.2, 0.25) is 5.91 Å². The van der Waals surface area contributed by atoms with Crippen molar-refractivity contribution in [2.75, 3.05) is 6.54 Å². The zero-order valence-electron chi connectivity index (χ0n) is 9.81. The number of carbonyl (C=O) groups excluding carboxylic acids is 2. The van der Waals surface area contributed by atoms with Crippen molar-refractivity contribution in [2.24, 2.45) is 5.73 Å². The SMILES string of the molecule is NC(=O)Oc1ccc(CNC2CCNC2=O)cc1. The zero-order chi connectivity index (χ0) is 13.0. The molecule has 1 aromatic rings. The third kappa shape index (κ3) is 3.21. The molecule has 4 N–H and O–H groups in total. The van der Waals surface area contributed by atoms with Crippen LogP contribution in [0.15, 0.2) is 24.3 Å². The molecule has 0 aromatic heterocycles. The van der Waals surface area contributed by atoms with Gasteiger partial charge in [0.1, 0.15) is 5.75 Å². The number of rotatable bonds is 4. The van der Waals surface area contributed by atoms with Gasteiger partial charge in [0.05, 0.1) is 6.04 Å². The van der Waals surface area contributed by atoms with E-state index in [0.717, 1.165) is 18.5 Å². The molecule has 0 radical (unpaired) electrons. The maximum absolute atomic E-state index is 11.3. The van der Waals surface area contributed by atoms with Crippen LogP contribution in [-0.4, -0.2) is 24.6 Å². The van der Waals surface area contributed by atoms with E-state index in [9.17, 15) is 9.59 Å². The van der Waals surface area contributed by atoms with Crippen molar-refractivity contribution in [3.05, 3.63) is 29.8 Å². The van der Waals surface area contributed by atoms with E-state index in [4.69, 9.17) is 10.5 Å². The van der Waals surface area contributed by atoms with Gasteiger partial charge in [0.25, 0.3) is 0 Å². The monoisotopic (exact) mass is 249 g/mol. The Morgan fingerprint density at radius 1 is 1.44 bits per heavy atom. The summed E-state index contributed by atoms with van der Waals surface area (Å²) in [4.78, 5) is 21.9. The highest BCUT2D eigenvalue weighted by molar-refractivity contribution is 5.83. The Morgan fingerprint density at radius 2 is 2.17 bits per heavy atom. The van der Waals surface area contributed by atoms with Gasteiger partial charge in [-0.1, -0.05) is 12.1 Å². The van der Waals surface area contributed by atoms with Gasteiger partial charge in [-0.3, -0.25) is 4.79 Å². The number of amides is 2. The third-order valence-electron chi connectivity index (χ3n) is 2.74. The number of carbonyl (C=O) groups is 2. The van der Waals surface area contributed by atoms with Gasteiger partial charge in [0, 0.05) is 13.1 Å². The molecule has 0 spiro atoms. The molecule has 6 heteroatoms. The van der Waals surface area contributed by atoms with E-state index in [2.05, 4.69) is 10.6 Å². The summed E-state index contributed by atoms with van der Waals surface area (Å²) in [5, 5.41) is 5.93. The van der Waals surface area contributed by atoms with Crippen molar-refractivity contribution in [1.29, 1.82) is 0 Å². The van der Waals surface area contributed by atoms with Crippen molar-refractivity contribution >= 4 is 12.0 Å². The standard InChI is InChI=1S/C12H15N3O3/c13-12(17)18-9-3-1-8(2-4-9)7-15-10-5-6-14-11(10)16/h1-4,10,15H,5-7H2,(H2,13,17)(H,14,16). The van der Waals surface area contributed by atoms with Gasteiger partial charge in [0.15, 0.2) is 0 Å². The van der Waals surface area contributed by atoms with E-state index in [1.807, 2.05) is 12.1 Å². The van der Waals surface area contributed by atoms with E-state index in [1.54, 1.807) is 12.1 Å². The minimum absolute atomic E-state index is 0.0451. The first-order valence-corrected chi connectivity index (χ1v) is 5.72. The van der Waals surface area contributed by atoms with Crippen LogP contribution in [0.3, 0.4) is 0 Å². The summed E-state index contributed by atoms with van der Waals surface area (Å²) in [6.07, 6.45) is -0.0228. The Labute approximate surface area is 104 Å². The van der Waals surface area contributed by atoms with Gasteiger partial charge in [-0.2, -0.15) is 0 Å². The molecule has 1 aliphatic rings. The highest BCUT2D eigenvalue weighted by Crippen LogP contribution is 2.12. The van der Waals surface area contributed by atoms with Gasteiger partial charge in [-0.15, -0.1) is 0 Å². The Balaban J connectivity index is 1.86. The first kappa shape index (κ1) is 12.4. The van der Waals surface area contributed by atoms with Crippen LogP contribution in [0.25, 0.3) is 0 Å². The number of primary amides is 1. The van der Waals surface area contributed by atoms with Crippen molar-refractivity contribution < 1.29 is 14.3 Å². The Bertz CT molecular complexity index is 444. The molecule has 0 saturated carbocycles. The van der Waals surface area contributed by atoms with Crippen LogP contribution in [0, 0.1) is 0 Å². The third-order valence-corrected chi connectivity index (χ3v) is 2.74. The van der Waals surface area contributed by atoms with Crippen LogP contribution in [0.5, 0.6) is 5.75 Å². The average molecular weight is 249 g/mol. The van der Waals surface area contributed by atoms with Crippen molar-refractivity contribution in [3.63, 3.8) is 0 Å². The summed E-state index contributed by atoms with van der Waals surface area (Å²) < 4.78 is 4.72. The second kappa shape index (κ2) is 5.50. The molecule has 0 bridgehead atoms. The van der Waals surface area contributed by atoms with Crippen LogP contribution in [-0.2, 0) is 11.3 Å². The summed E-state index contributed by atoms with van der Waals surface area (Å²) >= 11 is 0. The summed E-state index contributed by atoms with van der Waals surface area (Å²) in [5.41, 5.74) is 5.91. The molecule has 1 heterocycles. The molecule has 2 amide bonds. The number of ether oxygens (including phenoxy) is 1. The molecule has 2 rings (SSSR count). The molecule has 1 aromatic carbocycles. The number of benzene rings is 1. The van der Waals surface area contributed by atoms with Crippen LogP contribution in [0.4, 0.5) is 4.79 Å². The fourth-order valence-corrected chi connectivity index (χ4v) is 1.82. The van der Waals surface area contributed by atoms with E-state index in [0.29, 0.717) is 12.3 Å². The number of hydrogen-bond donors (Lipinski definition) is 3. The number of nitrogens with two attached hydrogens (primary N) is 1. The van der Waals surface area contributed by atoms with Crippen LogP contribution < -0.4 is 21.1 Å². The van der Waals surface area contributed by atoms with Gasteiger partial charge in [-0.25, -0.2) is 4.79 Å². The average Bonchev–Trinajstić information content (AvgIpc) is 2.73. The second-order valence-corrected chi connectivity index (χ2v) is 4.08. The zero-order valence-corrected chi connectivity index (χ0v) is 9.81. The lowest BCUT2D eigenvalue weighted by molar-refractivity contribution is -0.120. The second-order valence-electron chi connectivity index (χ2n) is 4.08. The lowest BCUT2D eigenvalue weighted by Crippen LogP contribution is -2.35. The van der Waals surface area contributed by atoms with E-state index < -0.39 is 6.09 Å². The van der Waals surface area contributed by atoms with Crippen molar-refractivity contribution in [1.82, 2.24) is 10.6 Å². The Hall–Kier alpha value is -2.08. The predicted octanol–water partition coefficient (Wildman–Crippen LogP) is 0.122. The minimum atomic E-state index is -0.830. The first-order valence-electron chi connectivity index (χ1n) is 5.72. The molecule has 1 fully saturated rings. The molecule has 1 atom stereocenters. The maximum Gasteiger partial charge on any atom is 0.409 e. The summed E-state index contributed by atoms with van der Waals surface area (Å²) in [6, 6.07) is 6.84. The highest BCUT2D eigenvalue weighted by atomic mass is 16.5. The van der Waals surface area contributed by atoms with E-state index >= 15 is 0 Å². The van der Waals surface area contributed by atoms with E-state index in [-0.39, 0.29) is 11.9 Å². The number of hydrogen-bond acceptors (Lipinski definition) is 4. The fourth-order valence-electron chi connectivity index (χ4n) is 1.82. The van der Waals surface area contributed by atoms with Gasteiger partial charge in [-0.05, 0) is 24.1 Å². The highest BCUT2D eigenvalue weighted by Gasteiger charge is 2.22. The Kier molecular flexibility index (Phi) is 3.78. The topological polar surface area (TPSA) is 93.5 Å². The largest absolute Gasteiger partial charge is 0.411 e. The first-order chi connectivity index (χ1) is 8.65. The van der Waals surface area contributed by atoms with Crippen LogP contribution in [0.1, 0.15) is 12.0 Å². The molecule has 1 aliphatic heterocycles. The molecule has 96 valence electrons. The summed E-state index contributed by atoms with van der Waals surface area (Å²) in [6.45, 7) is 1.32. The van der Waals surface area contributed by atoms with Gasteiger partial charge >= 0.3 is 6.09 Å². The Morgan fingerprint density at radius 3 is 2.72 bits per heavy atom. The molecular formula is C12H15N3O3. The lowest BCUT2D eigenvalue weighted by atomic mass is 10.2. The maximum atomic E-state index is 11.3. The van der Waals surface area contributed by atoms with E-state index in [1.165, 1.54) is 0 Å². The summed E-state index contributed by atoms with van der Waals surface area (Å²) in [5.74, 6) is 0.452. The normalized spacial score (nSPS) is 18.4. The number of nitrogens with one attached hydrogen (secondary N) is 2. The molecule has 18 heavy (non-hydrogen) atoms. The van der Waals surface area contributed by atoms with Crippen LogP contribution in [0.2, 0.25) is 0 Å². The molecular weight excluding hydrogens is 234 g/mol. The predicted molar refractivity (Wildman–Crippen MR) is 64.9 cm³/mol. The summed E-state index contributed by atoms with van der Waals surface area (Å²) in [7, 11) is 0.